The SMILES string of the molecule is CCN(CCOCCS)c1cccc(F)c1. The molecule has 0 bridgehead atoms. The minimum atomic E-state index is -0.202. The highest BCUT2D eigenvalue weighted by Crippen LogP contribution is 2.14. The number of thiol groups is 1. The molecule has 0 saturated carbocycles. The number of rotatable bonds is 7. The summed E-state index contributed by atoms with van der Waals surface area (Å²) in [5, 5.41) is 0. The van der Waals surface area contributed by atoms with Gasteiger partial charge < -0.3 is 9.64 Å². The Labute approximate surface area is 102 Å². The van der Waals surface area contributed by atoms with Crippen LogP contribution in [-0.4, -0.2) is 32.1 Å². The van der Waals surface area contributed by atoms with Crippen LogP contribution in [0.5, 0.6) is 0 Å². The molecule has 0 unspecified atom stereocenters. The Morgan fingerprint density at radius 3 is 2.81 bits per heavy atom. The number of halogens is 1. The van der Waals surface area contributed by atoms with E-state index in [1.807, 2.05) is 13.0 Å². The van der Waals surface area contributed by atoms with Gasteiger partial charge in [-0.2, -0.15) is 12.6 Å². The third-order valence-electron chi connectivity index (χ3n) is 2.30. The molecule has 1 aromatic rings. The molecule has 1 rings (SSSR count). The Balaban J connectivity index is 2.47. The topological polar surface area (TPSA) is 12.5 Å². The van der Waals surface area contributed by atoms with E-state index < -0.39 is 0 Å². The van der Waals surface area contributed by atoms with Crippen LogP contribution in [0, 0.1) is 5.82 Å². The van der Waals surface area contributed by atoms with Crippen LogP contribution >= 0.6 is 12.6 Å². The summed E-state index contributed by atoms with van der Waals surface area (Å²) in [4.78, 5) is 2.08. The highest BCUT2D eigenvalue weighted by molar-refractivity contribution is 7.80. The molecular formula is C12H18FNOS. The standard InChI is InChI=1S/C12H18FNOS/c1-2-14(6-7-15-8-9-16)12-5-3-4-11(13)10-12/h3-5,10,16H,2,6-9H2,1H3. The monoisotopic (exact) mass is 243 g/mol. The van der Waals surface area contributed by atoms with Gasteiger partial charge >= 0.3 is 0 Å². The van der Waals surface area contributed by atoms with E-state index in [0.717, 1.165) is 24.5 Å². The fraction of sp³-hybridized carbons (Fsp3) is 0.500. The zero-order valence-corrected chi connectivity index (χ0v) is 10.4. The summed E-state index contributed by atoms with van der Waals surface area (Å²) in [6, 6.07) is 6.63. The number of nitrogens with zero attached hydrogens (tertiary/aromatic N) is 1. The summed E-state index contributed by atoms with van der Waals surface area (Å²) in [5.74, 6) is 0.527. The van der Waals surface area contributed by atoms with Crippen molar-refractivity contribution in [1.82, 2.24) is 0 Å². The quantitative estimate of drug-likeness (QED) is 0.584. The molecule has 0 N–H and O–H groups in total. The molecule has 0 aliphatic carbocycles. The molecule has 0 radical (unpaired) electrons. The maximum atomic E-state index is 13.0. The van der Waals surface area contributed by atoms with Crippen molar-refractivity contribution in [2.24, 2.45) is 0 Å². The van der Waals surface area contributed by atoms with Crippen LogP contribution in [0.25, 0.3) is 0 Å². The average molecular weight is 243 g/mol. The van der Waals surface area contributed by atoms with Crippen molar-refractivity contribution < 1.29 is 9.13 Å². The smallest absolute Gasteiger partial charge is 0.125 e. The molecule has 0 saturated heterocycles. The van der Waals surface area contributed by atoms with Crippen molar-refractivity contribution in [1.29, 1.82) is 0 Å². The Bertz CT molecular complexity index is 309. The first-order valence-corrected chi connectivity index (χ1v) is 6.10. The third-order valence-corrected chi connectivity index (χ3v) is 2.48. The van der Waals surface area contributed by atoms with E-state index in [9.17, 15) is 4.39 Å². The highest BCUT2D eigenvalue weighted by Gasteiger charge is 2.04. The zero-order chi connectivity index (χ0) is 11.8. The average Bonchev–Trinajstić information content (AvgIpc) is 2.29. The molecule has 0 aromatic heterocycles. The second kappa shape index (κ2) is 7.52. The fourth-order valence-corrected chi connectivity index (χ4v) is 1.61. The maximum Gasteiger partial charge on any atom is 0.125 e. The molecule has 0 aliphatic heterocycles. The summed E-state index contributed by atoms with van der Waals surface area (Å²) in [5.41, 5.74) is 0.900. The second-order valence-corrected chi connectivity index (χ2v) is 3.84. The van der Waals surface area contributed by atoms with Gasteiger partial charge in [-0.25, -0.2) is 4.39 Å². The van der Waals surface area contributed by atoms with E-state index in [0.29, 0.717) is 13.2 Å². The summed E-state index contributed by atoms with van der Waals surface area (Å²) in [7, 11) is 0. The first-order valence-electron chi connectivity index (χ1n) is 5.47. The lowest BCUT2D eigenvalue weighted by atomic mass is 10.3. The van der Waals surface area contributed by atoms with Gasteiger partial charge in [-0.1, -0.05) is 6.07 Å². The molecule has 90 valence electrons. The lowest BCUT2D eigenvalue weighted by Gasteiger charge is -2.22. The van der Waals surface area contributed by atoms with Gasteiger partial charge in [-0.3, -0.25) is 0 Å². The van der Waals surface area contributed by atoms with E-state index >= 15 is 0 Å². The fourth-order valence-electron chi connectivity index (χ4n) is 1.48. The molecule has 0 aliphatic rings. The molecule has 1 aromatic carbocycles. The molecule has 0 fully saturated rings. The number of anilines is 1. The Morgan fingerprint density at radius 1 is 1.38 bits per heavy atom. The first-order chi connectivity index (χ1) is 7.77. The van der Waals surface area contributed by atoms with Crippen LogP contribution in [0.3, 0.4) is 0 Å². The largest absolute Gasteiger partial charge is 0.379 e. The lowest BCUT2D eigenvalue weighted by Crippen LogP contribution is -2.27. The number of likely N-dealkylation sites (N-methyl/N-ethyl adjacent to an activating group) is 1. The summed E-state index contributed by atoms with van der Waals surface area (Å²) < 4.78 is 18.4. The minimum absolute atomic E-state index is 0.202. The predicted octanol–water partition coefficient (Wildman–Crippen LogP) is 2.60. The van der Waals surface area contributed by atoms with Crippen LogP contribution in [0.1, 0.15) is 6.92 Å². The van der Waals surface area contributed by atoms with Crippen LogP contribution in [-0.2, 0) is 4.74 Å². The number of ether oxygens (including phenoxy) is 1. The van der Waals surface area contributed by atoms with E-state index in [1.54, 1.807) is 12.1 Å². The van der Waals surface area contributed by atoms with Gasteiger partial charge in [0.1, 0.15) is 5.82 Å². The lowest BCUT2D eigenvalue weighted by molar-refractivity contribution is 0.156. The molecule has 0 heterocycles. The van der Waals surface area contributed by atoms with E-state index in [2.05, 4.69) is 17.5 Å². The molecule has 0 amide bonds. The molecule has 16 heavy (non-hydrogen) atoms. The zero-order valence-electron chi connectivity index (χ0n) is 9.53. The Morgan fingerprint density at radius 2 is 2.19 bits per heavy atom. The first kappa shape index (κ1) is 13.3. The van der Waals surface area contributed by atoms with Crippen LogP contribution in [0.2, 0.25) is 0 Å². The van der Waals surface area contributed by atoms with E-state index in [-0.39, 0.29) is 5.82 Å². The third kappa shape index (κ3) is 4.41. The Hall–Kier alpha value is -0.740. The van der Waals surface area contributed by atoms with Gasteiger partial charge in [0, 0.05) is 24.5 Å². The highest BCUT2D eigenvalue weighted by atomic mass is 32.1. The van der Waals surface area contributed by atoms with Crippen LogP contribution in [0.4, 0.5) is 10.1 Å². The van der Waals surface area contributed by atoms with E-state index in [1.165, 1.54) is 6.07 Å². The van der Waals surface area contributed by atoms with Crippen molar-refractivity contribution >= 4 is 18.3 Å². The van der Waals surface area contributed by atoms with Gasteiger partial charge in [0.2, 0.25) is 0 Å². The van der Waals surface area contributed by atoms with Crippen LogP contribution in [0.15, 0.2) is 24.3 Å². The molecule has 4 heteroatoms. The number of benzene rings is 1. The van der Waals surface area contributed by atoms with Gasteiger partial charge in [0.05, 0.1) is 13.2 Å². The van der Waals surface area contributed by atoms with Crippen LogP contribution < -0.4 is 4.90 Å². The predicted molar refractivity (Wildman–Crippen MR) is 69.0 cm³/mol. The Kier molecular flexibility index (Phi) is 6.26. The summed E-state index contributed by atoms with van der Waals surface area (Å²) in [6.07, 6.45) is 0. The normalized spacial score (nSPS) is 10.4. The molecule has 0 atom stereocenters. The van der Waals surface area contributed by atoms with Crippen molar-refractivity contribution in [2.45, 2.75) is 6.92 Å². The summed E-state index contributed by atoms with van der Waals surface area (Å²) in [6.45, 7) is 4.96. The van der Waals surface area contributed by atoms with Crippen molar-refractivity contribution in [3.8, 4) is 0 Å². The van der Waals surface area contributed by atoms with Crippen molar-refractivity contribution in [2.75, 3.05) is 37.0 Å². The number of hydrogen-bond acceptors (Lipinski definition) is 3. The summed E-state index contributed by atoms with van der Waals surface area (Å²) >= 11 is 4.06. The van der Waals surface area contributed by atoms with Crippen molar-refractivity contribution in [3.05, 3.63) is 30.1 Å². The van der Waals surface area contributed by atoms with Gasteiger partial charge in [0.25, 0.3) is 0 Å². The van der Waals surface area contributed by atoms with Crippen molar-refractivity contribution in [3.63, 3.8) is 0 Å². The number of hydrogen-bond donors (Lipinski definition) is 1. The maximum absolute atomic E-state index is 13.0. The van der Waals surface area contributed by atoms with Gasteiger partial charge in [0.15, 0.2) is 0 Å². The van der Waals surface area contributed by atoms with Gasteiger partial charge in [-0.15, -0.1) is 0 Å². The molecule has 2 nitrogen and oxygen atoms in total. The minimum Gasteiger partial charge on any atom is -0.379 e. The van der Waals surface area contributed by atoms with E-state index in [4.69, 9.17) is 4.74 Å². The van der Waals surface area contributed by atoms with Gasteiger partial charge in [-0.05, 0) is 25.1 Å². The second-order valence-electron chi connectivity index (χ2n) is 3.40. The molecular weight excluding hydrogens is 225 g/mol. The molecule has 0 spiro atoms.